The van der Waals surface area contributed by atoms with Crippen LogP contribution in [0.3, 0.4) is 0 Å². The third-order valence-electron chi connectivity index (χ3n) is 3.58. The molecular formula is C16H21NO4. The number of ether oxygens (including phenoxy) is 2. The van der Waals surface area contributed by atoms with Gasteiger partial charge in [-0.25, -0.2) is 4.79 Å². The lowest BCUT2D eigenvalue weighted by atomic mass is 9.99. The summed E-state index contributed by atoms with van der Waals surface area (Å²) < 4.78 is 12.4. The second kappa shape index (κ2) is 6.18. The molecule has 5 nitrogen and oxygen atoms in total. The fraction of sp³-hybridized carbons (Fsp3) is 0.438. The Kier molecular flexibility index (Phi) is 4.53. The Labute approximate surface area is 124 Å². The Morgan fingerprint density at radius 3 is 2.62 bits per heavy atom. The number of rotatable bonds is 6. The first kappa shape index (κ1) is 15.4. The molecule has 21 heavy (non-hydrogen) atoms. The van der Waals surface area contributed by atoms with Gasteiger partial charge in [-0.05, 0) is 23.6 Å². The van der Waals surface area contributed by atoms with Crippen molar-refractivity contribution in [3.63, 3.8) is 0 Å². The third-order valence-corrected chi connectivity index (χ3v) is 3.58. The zero-order valence-electron chi connectivity index (χ0n) is 12.8. The molecule has 1 N–H and O–H groups in total. The van der Waals surface area contributed by atoms with Gasteiger partial charge in [-0.15, -0.1) is 0 Å². The van der Waals surface area contributed by atoms with Gasteiger partial charge in [-0.1, -0.05) is 19.9 Å². The average Bonchev–Trinajstić information content (AvgIpc) is 2.77. The molecule has 0 saturated heterocycles. The van der Waals surface area contributed by atoms with E-state index < -0.39 is 5.97 Å². The molecule has 0 aliphatic heterocycles. The predicted octanol–water partition coefficient (Wildman–Crippen LogP) is 3.03. The summed E-state index contributed by atoms with van der Waals surface area (Å²) in [5.41, 5.74) is 2.19. The molecule has 2 rings (SSSR count). The van der Waals surface area contributed by atoms with Crippen molar-refractivity contribution < 1.29 is 19.4 Å². The smallest absolute Gasteiger partial charge is 0.352 e. The Morgan fingerprint density at radius 2 is 2.05 bits per heavy atom. The van der Waals surface area contributed by atoms with E-state index in [9.17, 15) is 9.90 Å². The number of methoxy groups -OCH3 is 1. The molecule has 0 bridgehead atoms. The van der Waals surface area contributed by atoms with Crippen LogP contribution in [0.2, 0.25) is 0 Å². The summed E-state index contributed by atoms with van der Waals surface area (Å²) in [6.07, 6.45) is 0. The lowest BCUT2D eigenvalue weighted by molar-refractivity contribution is 0.0687. The molecule has 1 aromatic heterocycles. The van der Waals surface area contributed by atoms with Crippen molar-refractivity contribution in [1.29, 1.82) is 0 Å². The quantitative estimate of drug-likeness (QED) is 0.831. The van der Waals surface area contributed by atoms with Crippen LogP contribution in [0.25, 0.3) is 10.9 Å². The standard InChI is InChI=1S/C16H21NO4/c1-10(2)11-5-6-14(21-8-7-20-4)15-12(11)9-13(16(18)19)17(15)3/h5-6,9-10H,7-8H2,1-4H3,(H,18,19). The Morgan fingerprint density at radius 1 is 1.33 bits per heavy atom. The van der Waals surface area contributed by atoms with Crippen molar-refractivity contribution in [3.05, 3.63) is 29.5 Å². The van der Waals surface area contributed by atoms with Crippen LogP contribution in [0.15, 0.2) is 18.2 Å². The van der Waals surface area contributed by atoms with Gasteiger partial charge in [0.2, 0.25) is 0 Å². The van der Waals surface area contributed by atoms with Crippen LogP contribution in [0.5, 0.6) is 5.75 Å². The lowest BCUT2D eigenvalue weighted by Crippen LogP contribution is -2.07. The van der Waals surface area contributed by atoms with E-state index in [1.807, 2.05) is 12.1 Å². The first-order valence-corrected chi connectivity index (χ1v) is 6.94. The van der Waals surface area contributed by atoms with Crippen LogP contribution >= 0.6 is 0 Å². The SMILES string of the molecule is COCCOc1ccc(C(C)C)c2cc(C(=O)O)n(C)c12. The van der Waals surface area contributed by atoms with Crippen molar-refractivity contribution in [2.45, 2.75) is 19.8 Å². The van der Waals surface area contributed by atoms with Crippen molar-refractivity contribution in [2.75, 3.05) is 20.3 Å². The van der Waals surface area contributed by atoms with Gasteiger partial charge in [0.25, 0.3) is 0 Å². The molecule has 1 heterocycles. The van der Waals surface area contributed by atoms with E-state index in [1.54, 1.807) is 24.8 Å². The number of aryl methyl sites for hydroxylation is 1. The number of fused-ring (bicyclic) bond motifs is 1. The van der Waals surface area contributed by atoms with Gasteiger partial charge in [0.05, 0.1) is 12.1 Å². The van der Waals surface area contributed by atoms with Crippen molar-refractivity contribution in [3.8, 4) is 5.75 Å². The molecule has 5 heteroatoms. The Bertz CT molecular complexity index is 658. The summed E-state index contributed by atoms with van der Waals surface area (Å²) in [7, 11) is 3.37. The van der Waals surface area contributed by atoms with Gasteiger partial charge in [-0.3, -0.25) is 0 Å². The normalized spacial score (nSPS) is 11.3. The molecule has 2 aromatic rings. The molecule has 0 radical (unpaired) electrons. The number of hydrogen-bond acceptors (Lipinski definition) is 3. The monoisotopic (exact) mass is 291 g/mol. The van der Waals surface area contributed by atoms with Crippen LogP contribution < -0.4 is 4.74 Å². The van der Waals surface area contributed by atoms with E-state index in [-0.39, 0.29) is 5.69 Å². The molecule has 0 fully saturated rings. The maximum Gasteiger partial charge on any atom is 0.352 e. The van der Waals surface area contributed by atoms with Gasteiger partial charge >= 0.3 is 5.97 Å². The number of aromatic carboxylic acids is 1. The number of carboxylic acids is 1. The number of hydrogen-bond donors (Lipinski definition) is 1. The van der Waals surface area contributed by atoms with Gasteiger partial charge in [-0.2, -0.15) is 0 Å². The maximum atomic E-state index is 11.4. The minimum Gasteiger partial charge on any atom is -0.489 e. The van der Waals surface area contributed by atoms with Crippen LogP contribution in [-0.2, 0) is 11.8 Å². The molecule has 114 valence electrons. The van der Waals surface area contributed by atoms with Crippen LogP contribution in [0.1, 0.15) is 35.8 Å². The highest BCUT2D eigenvalue weighted by Gasteiger charge is 2.19. The van der Waals surface area contributed by atoms with E-state index in [0.717, 1.165) is 16.5 Å². The molecule has 0 saturated carbocycles. The number of nitrogens with zero attached hydrogens (tertiary/aromatic N) is 1. The van der Waals surface area contributed by atoms with Crippen LogP contribution in [-0.4, -0.2) is 36.0 Å². The highest BCUT2D eigenvalue weighted by atomic mass is 16.5. The van der Waals surface area contributed by atoms with Crippen molar-refractivity contribution >= 4 is 16.9 Å². The summed E-state index contributed by atoms with van der Waals surface area (Å²) in [4.78, 5) is 11.4. The summed E-state index contributed by atoms with van der Waals surface area (Å²) >= 11 is 0. The molecule has 0 amide bonds. The second-order valence-corrected chi connectivity index (χ2v) is 5.30. The molecule has 0 aliphatic rings. The van der Waals surface area contributed by atoms with E-state index >= 15 is 0 Å². The highest BCUT2D eigenvalue weighted by molar-refractivity contribution is 5.98. The van der Waals surface area contributed by atoms with Crippen LogP contribution in [0.4, 0.5) is 0 Å². The molecular weight excluding hydrogens is 270 g/mol. The van der Waals surface area contributed by atoms with Crippen LogP contribution in [0, 0.1) is 0 Å². The first-order valence-electron chi connectivity index (χ1n) is 6.94. The number of aromatic nitrogens is 1. The summed E-state index contributed by atoms with van der Waals surface area (Å²) in [6, 6.07) is 5.62. The van der Waals surface area contributed by atoms with Gasteiger partial charge < -0.3 is 19.1 Å². The predicted molar refractivity (Wildman–Crippen MR) is 81.3 cm³/mol. The van der Waals surface area contributed by atoms with E-state index in [4.69, 9.17) is 9.47 Å². The summed E-state index contributed by atoms with van der Waals surface area (Å²) in [6.45, 7) is 5.10. The first-order chi connectivity index (χ1) is 9.97. The van der Waals surface area contributed by atoms with E-state index in [2.05, 4.69) is 13.8 Å². The number of carboxylic acid groups (broad SMARTS) is 1. The van der Waals surface area contributed by atoms with E-state index in [1.165, 1.54) is 0 Å². The van der Waals surface area contributed by atoms with Gasteiger partial charge in [0.1, 0.15) is 18.1 Å². The molecule has 0 aliphatic carbocycles. The topological polar surface area (TPSA) is 60.7 Å². The highest BCUT2D eigenvalue weighted by Crippen LogP contribution is 2.34. The summed E-state index contributed by atoms with van der Waals surface area (Å²) in [5, 5.41) is 10.2. The molecule has 0 atom stereocenters. The minimum absolute atomic E-state index is 0.259. The zero-order chi connectivity index (χ0) is 15.6. The van der Waals surface area contributed by atoms with Gasteiger partial charge in [0.15, 0.2) is 0 Å². The minimum atomic E-state index is -0.939. The number of benzene rings is 1. The van der Waals surface area contributed by atoms with Crippen molar-refractivity contribution in [1.82, 2.24) is 4.57 Å². The molecule has 0 unspecified atom stereocenters. The number of carbonyl (C=O) groups is 1. The Hall–Kier alpha value is -2.01. The Balaban J connectivity index is 2.60. The molecule has 0 spiro atoms. The van der Waals surface area contributed by atoms with Crippen molar-refractivity contribution in [2.24, 2.45) is 7.05 Å². The largest absolute Gasteiger partial charge is 0.489 e. The maximum absolute atomic E-state index is 11.4. The third kappa shape index (κ3) is 2.88. The fourth-order valence-electron chi connectivity index (χ4n) is 2.52. The average molecular weight is 291 g/mol. The summed E-state index contributed by atoms with van der Waals surface area (Å²) in [5.74, 6) is 0.0530. The lowest BCUT2D eigenvalue weighted by Gasteiger charge is -2.13. The fourth-order valence-corrected chi connectivity index (χ4v) is 2.52. The second-order valence-electron chi connectivity index (χ2n) is 5.30. The zero-order valence-corrected chi connectivity index (χ0v) is 12.8. The van der Waals surface area contributed by atoms with E-state index in [0.29, 0.717) is 24.9 Å². The van der Waals surface area contributed by atoms with Gasteiger partial charge in [0, 0.05) is 19.5 Å². The molecule has 1 aromatic carbocycles.